The van der Waals surface area contributed by atoms with Crippen LogP contribution in [0.5, 0.6) is 0 Å². The lowest BCUT2D eigenvalue weighted by molar-refractivity contribution is 0.433. The molecule has 0 aliphatic heterocycles. The normalized spacial score (nSPS) is 18.1. The molecule has 0 fully saturated rings. The Labute approximate surface area is 132 Å². The van der Waals surface area contributed by atoms with E-state index >= 15 is 0 Å². The van der Waals surface area contributed by atoms with E-state index in [1.807, 2.05) is 11.3 Å². The minimum Gasteiger partial charge on any atom is -0.309 e. The largest absolute Gasteiger partial charge is 0.309 e. The zero-order chi connectivity index (χ0) is 14.8. The van der Waals surface area contributed by atoms with Crippen LogP contribution in [0.1, 0.15) is 58.2 Å². The molecule has 0 saturated carbocycles. The summed E-state index contributed by atoms with van der Waals surface area (Å²) in [5, 5.41) is 3.77. The first-order chi connectivity index (χ1) is 10.2. The van der Waals surface area contributed by atoms with Crippen LogP contribution in [0.15, 0.2) is 30.3 Å². The zero-order valence-electron chi connectivity index (χ0n) is 13.3. The average molecular weight is 299 g/mol. The van der Waals surface area contributed by atoms with Gasteiger partial charge in [0.25, 0.3) is 0 Å². The van der Waals surface area contributed by atoms with Gasteiger partial charge in [-0.25, -0.2) is 0 Å². The van der Waals surface area contributed by atoms with Crippen LogP contribution in [-0.4, -0.2) is 6.54 Å². The summed E-state index contributed by atoms with van der Waals surface area (Å²) >= 11 is 1.97. The van der Waals surface area contributed by atoms with Gasteiger partial charge in [-0.05, 0) is 68.3 Å². The fraction of sp³-hybridized carbons (Fsp3) is 0.474. The van der Waals surface area contributed by atoms with Gasteiger partial charge >= 0.3 is 0 Å². The van der Waals surface area contributed by atoms with Crippen molar-refractivity contribution in [3.05, 3.63) is 56.8 Å². The standard InChI is InChI=1S/C19H25NS/c1-4-9-20-18(19-10-13(2)14(3)21-19)12-16-11-15-7-5-6-8-17(15)16/h5-8,10,16,18,20H,4,9,11-12H2,1-3H3. The summed E-state index contributed by atoms with van der Waals surface area (Å²) in [5.74, 6) is 0.735. The summed E-state index contributed by atoms with van der Waals surface area (Å²) in [6.07, 6.45) is 3.68. The molecule has 1 N–H and O–H groups in total. The summed E-state index contributed by atoms with van der Waals surface area (Å²) in [6.45, 7) is 7.81. The summed E-state index contributed by atoms with van der Waals surface area (Å²) in [7, 11) is 0. The van der Waals surface area contributed by atoms with Crippen LogP contribution in [0.3, 0.4) is 0 Å². The Morgan fingerprint density at radius 3 is 2.76 bits per heavy atom. The fourth-order valence-electron chi connectivity index (χ4n) is 3.25. The lowest BCUT2D eigenvalue weighted by Gasteiger charge is -2.33. The zero-order valence-corrected chi connectivity index (χ0v) is 14.1. The van der Waals surface area contributed by atoms with Crippen LogP contribution in [-0.2, 0) is 6.42 Å². The molecule has 2 atom stereocenters. The Morgan fingerprint density at radius 2 is 2.10 bits per heavy atom. The third kappa shape index (κ3) is 3.07. The molecule has 1 nitrogen and oxygen atoms in total. The first-order valence-electron chi connectivity index (χ1n) is 8.07. The van der Waals surface area contributed by atoms with Crippen molar-refractivity contribution in [2.45, 2.75) is 52.0 Å². The molecule has 3 rings (SSSR count). The van der Waals surface area contributed by atoms with Gasteiger partial charge in [-0.15, -0.1) is 11.3 Å². The van der Waals surface area contributed by atoms with Crippen molar-refractivity contribution in [2.75, 3.05) is 6.54 Å². The van der Waals surface area contributed by atoms with Crippen LogP contribution >= 0.6 is 11.3 Å². The van der Waals surface area contributed by atoms with E-state index in [0.29, 0.717) is 6.04 Å². The molecule has 0 saturated heterocycles. The summed E-state index contributed by atoms with van der Waals surface area (Å²) in [6, 6.07) is 11.8. The SMILES string of the molecule is CCCNC(CC1Cc2ccccc21)c1cc(C)c(C)s1. The fourth-order valence-corrected chi connectivity index (χ4v) is 4.38. The van der Waals surface area contributed by atoms with Crippen molar-refractivity contribution in [2.24, 2.45) is 0 Å². The molecule has 1 heterocycles. The van der Waals surface area contributed by atoms with Gasteiger partial charge in [0.05, 0.1) is 0 Å². The topological polar surface area (TPSA) is 12.0 Å². The molecule has 0 amide bonds. The van der Waals surface area contributed by atoms with Gasteiger partial charge in [0.15, 0.2) is 0 Å². The smallest absolute Gasteiger partial charge is 0.0420 e. The van der Waals surface area contributed by atoms with Gasteiger partial charge < -0.3 is 5.32 Å². The number of rotatable bonds is 6. The van der Waals surface area contributed by atoms with Crippen LogP contribution in [0, 0.1) is 13.8 Å². The molecule has 2 unspecified atom stereocenters. The Hall–Kier alpha value is -1.12. The molecular formula is C19H25NS. The summed E-state index contributed by atoms with van der Waals surface area (Å²) in [5.41, 5.74) is 4.56. The van der Waals surface area contributed by atoms with E-state index in [4.69, 9.17) is 0 Å². The maximum absolute atomic E-state index is 3.77. The lowest BCUT2D eigenvalue weighted by atomic mass is 9.74. The van der Waals surface area contributed by atoms with E-state index < -0.39 is 0 Å². The molecule has 1 aromatic carbocycles. The second kappa shape index (κ2) is 6.33. The van der Waals surface area contributed by atoms with Crippen LogP contribution < -0.4 is 5.32 Å². The Morgan fingerprint density at radius 1 is 1.29 bits per heavy atom. The Balaban J connectivity index is 1.75. The van der Waals surface area contributed by atoms with Gasteiger partial charge in [-0.3, -0.25) is 0 Å². The number of nitrogens with one attached hydrogen (secondary N) is 1. The second-order valence-corrected chi connectivity index (χ2v) is 7.52. The molecule has 2 heteroatoms. The second-order valence-electron chi connectivity index (χ2n) is 6.23. The molecule has 21 heavy (non-hydrogen) atoms. The van der Waals surface area contributed by atoms with Crippen LogP contribution in [0.4, 0.5) is 0 Å². The molecule has 1 aliphatic carbocycles. The highest BCUT2D eigenvalue weighted by Crippen LogP contribution is 2.42. The molecule has 1 aliphatic rings. The predicted octanol–water partition coefficient (Wildman–Crippen LogP) is 5.14. The Kier molecular flexibility index (Phi) is 4.46. The number of aryl methyl sites for hydroxylation is 2. The highest BCUT2D eigenvalue weighted by atomic mass is 32.1. The third-order valence-corrected chi connectivity index (χ3v) is 5.92. The number of hydrogen-bond acceptors (Lipinski definition) is 2. The highest BCUT2D eigenvalue weighted by molar-refractivity contribution is 7.12. The predicted molar refractivity (Wildman–Crippen MR) is 92.3 cm³/mol. The minimum atomic E-state index is 0.515. The quantitative estimate of drug-likeness (QED) is 0.779. The molecule has 0 radical (unpaired) electrons. The monoisotopic (exact) mass is 299 g/mol. The Bertz CT molecular complexity index is 594. The maximum Gasteiger partial charge on any atom is 0.0420 e. The molecule has 0 spiro atoms. The van der Waals surface area contributed by atoms with Crippen molar-refractivity contribution in [3.8, 4) is 0 Å². The van der Waals surface area contributed by atoms with Crippen molar-refractivity contribution in [1.29, 1.82) is 0 Å². The highest BCUT2D eigenvalue weighted by Gasteiger charge is 2.29. The molecule has 1 aromatic heterocycles. The third-order valence-electron chi connectivity index (χ3n) is 4.65. The lowest BCUT2D eigenvalue weighted by Crippen LogP contribution is -2.27. The average Bonchev–Trinajstić information content (AvgIpc) is 2.79. The first-order valence-corrected chi connectivity index (χ1v) is 8.88. The molecule has 0 bridgehead atoms. The molecule has 112 valence electrons. The van der Waals surface area contributed by atoms with E-state index in [0.717, 1.165) is 12.5 Å². The van der Waals surface area contributed by atoms with E-state index in [-0.39, 0.29) is 0 Å². The van der Waals surface area contributed by atoms with Crippen molar-refractivity contribution in [1.82, 2.24) is 5.32 Å². The van der Waals surface area contributed by atoms with Crippen molar-refractivity contribution in [3.63, 3.8) is 0 Å². The number of benzene rings is 1. The van der Waals surface area contributed by atoms with E-state index in [9.17, 15) is 0 Å². The van der Waals surface area contributed by atoms with Crippen molar-refractivity contribution >= 4 is 11.3 Å². The van der Waals surface area contributed by atoms with Crippen molar-refractivity contribution < 1.29 is 0 Å². The number of thiophene rings is 1. The van der Waals surface area contributed by atoms with E-state index in [1.54, 1.807) is 11.1 Å². The van der Waals surface area contributed by atoms with Gasteiger partial charge in [0, 0.05) is 15.8 Å². The van der Waals surface area contributed by atoms with Crippen LogP contribution in [0.25, 0.3) is 0 Å². The minimum absolute atomic E-state index is 0.515. The van der Waals surface area contributed by atoms with Crippen LogP contribution in [0.2, 0.25) is 0 Å². The first kappa shape index (κ1) is 14.8. The molecule has 2 aromatic rings. The molecular weight excluding hydrogens is 274 g/mol. The van der Waals surface area contributed by atoms with Gasteiger partial charge in [0.2, 0.25) is 0 Å². The maximum atomic E-state index is 3.77. The van der Waals surface area contributed by atoms with Gasteiger partial charge in [0.1, 0.15) is 0 Å². The van der Waals surface area contributed by atoms with Gasteiger partial charge in [-0.1, -0.05) is 31.2 Å². The van der Waals surface area contributed by atoms with E-state index in [1.165, 1.54) is 34.6 Å². The number of fused-ring (bicyclic) bond motifs is 1. The van der Waals surface area contributed by atoms with Gasteiger partial charge in [-0.2, -0.15) is 0 Å². The summed E-state index contributed by atoms with van der Waals surface area (Å²) < 4.78 is 0. The summed E-state index contributed by atoms with van der Waals surface area (Å²) in [4.78, 5) is 2.98. The number of hydrogen-bond donors (Lipinski definition) is 1. The van der Waals surface area contributed by atoms with E-state index in [2.05, 4.69) is 56.4 Å².